The molecule has 0 atom stereocenters. The Bertz CT molecular complexity index is 558. The predicted octanol–water partition coefficient (Wildman–Crippen LogP) is -2.12. The first-order valence-corrected chi connectivity index (χ1v) is 6.02. The second kappa shape index (κ2) is 7.96. The van der Waals surface area contributed by atoms with E-state index in [1.54, 1.807) is 6.34 Å². The van der Waals surface area contributed by atoms with Crippen molar-refractivity contribution < 1.29 is 22.2 Å². The van der Waals surface area contributed by atoms with Crippen LogP contribution in [0.2, 0.25) is 0 Å². The number of carbonyl (C=O) groups is 1. The van der Waals surface area contributed by atoms with E-state index in [0.717, 1.165) is 11.3 Å². The van der Waals surface area contributed by atoms with Gasteiger partial charge in [0.05, 0.1) is 0 Å². The molecule has 0 saturated carbocycles. The highest BCUT2D eigenvalue weighted by Gasteiger charge is 2.16. The van der Waals surface area contributed by atoms with Crippen LogP contribution in [0.5, 0.6) is 0 Å². The zero-order valence-corrected chi connectivity index (χ0v) is 11.6. The summed E-state index contributed by atoms with van der Waals surface area (Å²) in [5.41, 5.74) is 7.23. The van der Waals surface area contributed by atoms with E-state index in [-0.39, 0.29) is 12.4 Å². The van der Waals surface area contributed by atoms with E-state index >= 15 is 0 Å². The van der Waals surface area contributed by atoms with E-state index in [1.807, 2.05) is 60.7 Å². The van der Waals surface area contributed by atoms with E-state index in [2.05, 4.69) is 4.99 Å². The first-order valence-electron chi connectivity index (χ1n) is 6.02. The zero-order valence-electron chi connectivity index (χ0n) is 10.9. The monoisotopic (exact) mass is 289 g/mol. The van der Waals surface area contributed by atoms with E-state index < -0.39 is 6.03 Å². The molecule has 0 fully saturated rings. The molecule has 0 aromatic heterocycles. The summed E-state index contributed by atoms with van der Waals surface area (Å²) in [4.78, 5) is 15.9. The van der Waals surface area contributed by atoms with Crippen LogP contribution >= 0.6 is 0 Å². The topological polar surface area (TPSA) is 60.3 Å². The number of halogens is 1. The normalized spacial score (nSPS) is 10.0. The van der Waals surface area contributed by atoms with Crippen LogP contribution in [0.1, 0.15) is 5.56 Å². The first kappa shape index (κ1) is 15.7. The second-order valence-corrected chi connectivity index (χ2v) is 4.04. The molecule has 0 bridgehead atoms. The van der Waals surface area contributed by atoms with Crippen LogP contribution in [-0.2, 0) is 6.54 Å². The van der Waals surface area contributed by atoms with Gasteiger partial charge in [0.25, 0.3) is 0 Å². The number of para-hydroxylation sites is 1. The number of hydrogen-bond donors (Lipinski definition) is 2. The van der Waals surface area contributed by atoms with Gasteiger partial charge in [-0.3, -0.25) is 4.99 Å². The zero-order chi connectivity index (χ0) is 13.5. The molecule has 2 amide bonds. The average Bonchev–Trinajstić information content (AvgIpc) is 2.45. The van der Waals surface area contributed by atoms with E-state index in [9.17, 15) is 4.79 Å². The number of carbonyl (C=O) groups excluding carboxylic acids is 1. The van der Waals surface area contributed by atoms with Crippen molar-refractivity contribution in [1.29, 1.82) is 0 Å². The number of amides is 2. The van der Waals surface area contributed by atoms with Crippen LogP contribution in [0.4, 0.5) is 10.5 Å². The van der Waals surface area contributed by atoms with Gasteiger partial charge in [0.1, 0.15) is 12.2 Å². The first-order chi connectivity index (χ1) is 9.27. The van der Waals surface area contributed by atoms with Crippen molar-refractivity contribution >= 4 is 18.1 Å². The highest BCUT2D eigenvalue weighted by atomic mass is 35.5. The number of primary amides is 1. The van der Waals surface area contributed by atoms with E-state index in [0.29, 0.717) is 6.54 Å². The highest BCUT2D eigenvalue weighted by molar-refractivity contribution is 6.05. The minimum atomic E-state index is -0.522. The number of nitrogens with two attached hydrogens (primary N) is 1. The largest absolute Gasteiger partial charge is 1.00 e. The lowest BCUT2D eigenvalue weighted by atomic mass is 10.2. The average molecular weight is 290 g/mol. The van der Waals surface area contributed by atoms with Crippen LogP contribution in [0.25, 0.3) is 0 Å². The minimum absolute atomic E-state index is 0. The number of nitrogens with zero attached hydrogens (tertiary/aromatic N) is 1. The Kier molecular flexibility index (Phi) is 6.26. The molecule has 104 valence electrons. The van der Waals surface area contributed by atoms with Crippen molar-refractivity contribution in [3.8, 4) is 0 Å². The molecule has 5 heteroatoms. The Labute approximate surface area is 124 Å². The molecule has 4 nitrogen and oxygen atoms in total. The van der Waals surface area contributed by atoms with Gasteiger partial charge in [0, 0.05) is 0 Å². The molecule has 0 aliphatic carbocycles. The second-order valence-electron chi connectivity index (χ2n) is 4.04. The molecule has 0 heterocycles. The Morgan fingerprint density at radius 1 is 1.05 bits per heavy atom. The Morgan fingerprint density at radius 3 is 2.15 bits per heavy atom. The fourth-order valence-corrected chi connectivity index (χ4v) is 1.70. The van der Waals surface area contributed by atoms with Crippen molar-refractivity contribution in [3.63, 3.8) is 0 Å². The molecule has 3 N–H and O–H groups in total. The molecule has 2 aromatic carbocycles. The fraction of sp³-hybridized carbons (Fsp3) is 0.0667. The summed E-state index contributed by atoms with van der Waals surface area (Å²) in [5, 5.41) is 0. The van der Waals surface area contributed by atoms with Gasteiger partial charge in [-0.1, -0.05) is 48.5 Å². The summed E-state index contributed by atoms with van der Waals surface area (Å²) in [6.45, 7) is 0.636. The summed E-state index contributed by atoms with van der Waals surface area (Å²) in [6.07, 6.45) is 1.59. The summed E-state index contributed by atoms with van der Waals surface area (Å²) in [7, 11) is 0. The maximum absolute atomic E-state index is 11.4. The molecule has 2 rings (SSSR count). The molecular formula is C15H16ClN3O. The molecule has 2 aromatic rings. The maximum atomic E-state index is 11.4. The van der Waals surface area contributed by atoms with Gasteiger partial charge >= 0.3 is 6.03 Å². The van der Waals surface area contributed by atoms with Crippen molar-refractivity contribution in [2.75, 3.05) is 4.90 Å². The smallest absolute Gasteiger partial charge is 0.410 e. The highest BCUT2D eigenvalue weighted by Crippen LogP contribution is 2.09. The molecular weight excluding hydrogens is 274 g/mol. The van der Waals surface area contributed by atoms with Crippen LogP contribution in [0, 0.1) is 0 Å². The van der Waals surface area contributed by atoms with Crippen molar-refractivity contribution in [1.82, 2.24) is 0 Å². The molecule has 0 aliphatic heterocycles. The minimum Gasteiger partial charge on any atom is -1.00 e. The molecule has 0 unspecified atom stereocenters. The van der Waals surface area contributed by atoms with Crippen molar-refractivity contribution in [3.05, 3.63) is 66.2 Å². The Morgan fingerprint density at radius 2 is 1.60 bits per heavy atom. The third-order valence-corrected chi connectivity index (χ3v) is 2.64. The lowest BCUT2D eigenvalue weighted by Gasteiger charge is -2.06. The number of urea groups is 1. The molecule has 0 saturated heterocycles. The van der Waals surface area contributed by atoms with Crippen LogP contribution in [0.3, 0.4) is 0 Å². The summed E-state index contributed by atoms with van der Waals surface area (Å²) in [6, 6.07) is 18.7. The molecule has 0 radical (unpaired) electrons. The van der Waals surface area contributed by atoms with Crippen molar-refractivity contribution in [2.45, 2.75) is 6.54 Å². The van der Waals surface area contributed by atoms with Gasteiger partial charge in [-0.25, -0.2) is 4.79 Å². The standard InChI is InChI=1S/C15H15N3O.ClH/c16-15(19)18(14-9-5-2-6-10-14)12-17-11-13-7-3-1-4-8-13;/h1-10,12H,11H2,(H2,16,19);1H. The number of benzene rings is 2. The third kappa shape index (κ3) is 4.40. The fourth-order valence-electron chi connectivity index (χ4n) is 1.70. The summed E-state index contributed by atoms with van der Waals surface area (Å²) < 4.78 is 0. The van der Waals surface area contributed by atoms with Gasteiger partial charge in [-0.05, 0) is 17.7 Å². The van der Waals surface area contributed by atoms with Gasteiger partial charge < -0.3 is 18.1 Å². The Hall–Kier alpha value is -2.33. The SMILES string of the molecule is NC(=O)N(C=[NH+]Cc1ccccc1)c1ccccc1.[Cl-]. The lowest BCUT2D eigenvalue weighted by Crippen LogP contribution is -3.00. The molecule has 0 aliphatic rings. The summed E-state index contributed by atoms with van der Waals surface area (Å²) in [5.74, 6) is 0. The Balaban J connectivity index is 0.00000200. The van der Waals surface area contributed by atoms with Gasteiger partial charge in [-0.15, -0.1) is 4.90 Å². The molecule has 20 heavy (non-hydrogen) atoms. The lowest BCUT2D eigenvalue weighted by molar-refractivity contribution is -0.470. The number of hydrogen-bond acceptors (Lipinski definition) is 1. The van der Waals surface area contributed by atoms with Gasteiger partial charge in [0.15, 0.2) is 0 Å². The molecule has 0 spiro atoms. The predicted molar refractivity (Wildman–Crippen MR) is 75.7 cm³/mol. The quantitative estimate of drug-likeness (QED) is 0.491. The van der Waals surface area contributed by atoms with Gasteiger partial charge in [-0.2, -0.15) is 0 Å². The maximum Gasteiger partial charge on any atom is 0.410 e. The van der Waals surface area contributed by atoms with Crippen molar-refractivity contribution in [2.24, 2.45) is 5.73 Å². The number of rotatable bonds is 4. The van der Waals surface area contributed by atoms with Crippen LogP contribution in [0.15, 0.2) is 60.7 Å². The summed E-state index contributed by atoms with van der Waals surface area (Å²) >= 11 is 0. The van der Waals surface area contributed by atoms with E-state index in [4.69, 9.17) is 5.73 Å². The third-order valence-electron chi connectivity index (χ3n) is 2.64. The number of nitrogens with one attached hydrogen (secondary N) is 1. The van der Waals surface area contributed by atoms with E-state index in [1.165, 1.54) is 4.90 Å². The number of anilines is 1. The van der Waals surface area contributed by atoms with Crippen LogP contribution < -0.4 is 28.0 Å². The van der Waals surface area contributed by atoms with Crippen LogP contribution in [-0.4, -0.2) is 12.4 Å². The van der Waals surface area contributed by atoms with Gasteiger partial charge in [0.2, 0.25) is 6.34 Å².